The Morgan fingerprint density at radius 3 is 2.22 bits per heavy atom. The monoisotopic (exact) mass is 460 g/mol. The molecular weight excluding hydrogens is 440 g/mol. The number of rotatable bonds is 8. The molecule has 0 bridgehead atoms. The molecule has 1 N–H and O–H groups in total. The molecule has 3 rings (SSSR count). The highest BCUT2D eigenvalue weighted by atomic mass is 35.5. The number of nitrogens with zero attached hydrogens (tertiary/aromatic N) is 1. The predicted molar refractivity (Wildman–Crippen MR) is 118 cm³/mol. The summed E-state index contributed by atoms with van der Waals surface area (Å²) in [4.78, 5) is 28.8. The number of hydrogen-bond acceptors (Lipinski definition) is 8. The number of amides is 1. The lowest BCUT2D eigenvalue weighted by Gasteiger charge is -2.14. The molecule has 0 spiro atoms. The van der Waals surface area contributed by atoms with Crippen LogP contribution in [0.4, 0.5) is 5.69 Å². The van der Waals surface area contributed by atoms with Gasteiger partial charge in [0.1, 0.15) is 11.5 Å². The van der Waals surface area contributed by atoms with Gasteiger partial charge >= 0.3 is 5.97 Å². The molecule has 1 heterocycles. The molecule has 0 aliphatic rings. The van der Waals surface area contributed by atoms with Crippen molar-refractivity contribution in [1.29, 1.82) is 0 Å². The molecule has 10 heteroatoms. The number of esters is 1. The van der Waals surface area contributed by atoms with Crippen LogP contribution in [0.25, 0.3) is 10.9 Å². The summed E-state index contributed by atoms with van der Waals surface area (Å²) in [6, 6.07) is 9.50. The molecular formula is C22H21ClN2O7. The quantitative estimate of drug-likeness (QED) is 0.507. The fourth-order valence-electron chi connectivity index (χ4n) is 2.94. The van der Waals surface area contributed by atoms with Gasteiger partial charge in [0.25, 0.3) is 5.91 Å². The van der Waals surface area contributed by atoms with Gasteiger partial charge in [-0.1, -0.05) is 11.6 Å². The zero-order valence-corrected chi connectivity index (χ0v) is 18.6. The smallest absolute Gasteiger partial charge is 0.356 e. The maximum atomic E-state index is 12.4. The van der Waals surface area contributed by atoms with Crippen molar-refractivity contribution in [2.75, 3.05) is 40.4 Å². The van der Waals surface area contributed by atoms with Gasteiger partial charge in [0, 0.05) is 23.2 Å². The topological polar surface area (TPSA) is 105 Å². The predicted octanol–water partition coefficient (Wildman–Crippen LogP) is 3.72. The second-order valence-corrected chi connectivity index (χ2v) is 6.81. The molecule has 32 heavy (non-hydrogen) atoms. The van der Waals surface area contributed by atoms with Gasteiger partial charge in [-0.25, -0.2) is 9.78 Å². The first-order valence-corrected chi connectivity index (χ1v) is 9.69. The zero-order chi connectivity index (χ0) is 23.3. The Balaban J connectivity index is 1.88. The van der Waals surface area contributed by atoms with Gasteiger partial charge < -0.3 is 29.0 Å². The molecule has 0 atom stereocenters. The van der Waals surface area contributed by atoms with E-state index in [-0.39, 0.29) is 18.1 Å². The number of pyridine rings is 1. The van der Waals surface area contributed by atoms with E-state index in [1.165, 1.54) is 34.5 Å². The number of methoxy groups -OCH3 is 4. The SMILES string of the molecule is COC(=O)c1cc(OCC(=O)Nc2ccc(OC)c(Cl)c2)c2cc(OC)c(OC)cc2n1. The van der Waals surface area contributed by atoms with Crippen molar-refractivity contribution in [3.63, 3.8) is 0 Å². The van der Waals surface area contributed by atoms with Gasteiger partial charge in [0.15, 0.2) is 23.8 Å². The lowest BCUT2D eigenvalue weighted by Crippen LogP contribution is -2.20. The summed E-state index contributed by atoms with van der Waals surface area (Å²) in [6.07, 6.45) is 0. The lowest BCUT2D eigenvalue weighted by atomic mass is 10.1. The Bertz CT molecular complexity index is 1170. The minimum Gasteiger partial charge on any atom is -0.495 e. The van der Waals surface area contributed by atoms with Crippen LogP contribution in [-0.4, -0.2) is 51.9 Å². The van der Waals surface area contributed by atoms with E-state index < -0.39 is 11.9 Å². The fourth-order valence-corrected chi connectivity index (χ4v) is 3.19. The number of ether oxygens (including phenoxy) is 5. The van der Waals surface area contributed by atoms with E-state index >= 15 is 0 Å². The Morgan fingerprint density at radius 2 is 1.59 bits per heavy atom. The first kappa shape index (κ1) is 23.0. The molecule has 0 aliphatic carbocycles. The number of benzene rings is 2. The third-order valence-corrected chi connectivity index (χ3v) is 4.76. The first-order chi connectivity index (χ1) is 15.4. The Morgan fingerprint density at radius 1 is 0.906 bits per heavy atom. The lowest BCUT2D eigenvalue weighted by molar-refractivity contribution is -0.118. The number of halogens is 1. The van der Waals surface area contributed by atoms with Gasteiger partial charge in [0.2, 0.25) is 0 Å². The van der Waals surface area contributed by atoms with Crippen LogP contribution in [0.15, 0.2) is 36.4 Å². The van der Waals surface area contributed by atoms with Crippen molar-refractivity contribution >= 4 is 40.1 Å². The summed E-state index contributed by atoms with van der Waals surface area (Å²) in [5.74, 6) is 0.521. The molecule has 3 aromatic rings. The maximum absolute atomic E-state index is 12.4. The number of nitrogens with one attached hydrogen (secondary N) is 1. The average molecular weight is 461 g/mol. The highest BCUT2D eigenvalue weighted by Gasteiger charge is 2.17. The molecule has 0 aliphatic heterocycles. The summed E-state index contributed by atoms with van der Waals surface area (Å²) < 4.78 is 26.2. The second kappa shape index (κ2) is 10.1. The zero-order valence-electron chi connectivity index (χ0n) is 17.9. The van der Waals surface area contributed by atoms with E-state index in [1.54, 1.807) is 30.3 Å². The molecule has 0 unspecified atom stereocenters. The summed E-state index contributed by atoms with van der Waals surface area (Å²) in [5.41, 5.74) is 0.901. The van der Waals surface area contributed by atoms with E-state index in [9.17, 15) is 9.59 Å². The van der Waals surface area contributed by atoms with Crippen LogP contribution in [0.3, 0.4) is 0 Å². The van der Waals surface area contributed by atoms with Crippen LogP contribution in [0.2, 0.25) is 5.02 Å². The van der Waals surface area contributed by atoms with Crippen LogP contribution in [0.1, 0.15) is 10.5 Å². The third kappa shape index (κ3) is 4.94. The van der Waals surface area contributed by atoms with Crippen molar-refractivity contribution in [1.82, 2.24) is 4.98 Å². The Labute approximate surface area is 189 Å². The molecule has 0 saturated heterocycles. The van der Waals surface area contributed by atoms with Gasteiger partial charge in [-0.2, -0.15) is 0 Å². The highest BCUT2D eigenvalue weighted by molar-refractivity contribution is 6.32. The van der Waals surface area contributed by atoms with Crippen molar-refractivity contribution < 1.29 is 33.3 Å². The summed E-state index contributed by atoms with van der Waals surface area (Å²) >= 11 is 6.08. The number of anilines is 1. The minimum absolute atomic E-state index is 0.0181. The van der Waals surface area contributed by atoms with E-state index in [4.69, 9.17) is 35.3 Å². The maximum Gasteiger partial charge on any atom is 0.356 e. The summed E-state index contributed by atoms with van der Waals surface area (Å²) in [5, 5.41) is 3.57. The van der Waals surface area contributed by atoms with E-state index in [0.29, 0.717) is 38.9 Å². The largest absolute Gasteiger partial charge is 0.495 e. The molecule has 0 saturated carbocycles. The normalized spacial score (nSPS) is 10.4. The molecule has 168 valence electrons. The number of carbonyl (C=O) groups is 2. The minimum atomic E-state index is -0.649. The van der Waals surface area contributed by atoms with Gasteiger partial charge in [-0.15, -0.1) is 0 Å². The van der Waals surface area contributed by atoms with E-state index in [2.05, 4.69) is 10.3 Å². The van der Waals surface area contributed by atoms with E-state index in [0.717, 1.165) is 0 Å². The number of aromatic nitrogens is 1. The molecule has 0 radical (unpaired) electrons. The van der Waals surface area contributed by atoms with Crippen molar-refractivity contribution in [3.8, 4) is 23.0 Å². The summed E-state index contributed by atoms with van der Waals surface area (Å²) in [7, 11) is 5.73. The number of carbonyl (C=O) groups excluding carboxylic acids is 2. The van der Waals surface area contributed by atoms with Crippen LogP contribution >= 0.6 is 11.6 Å². The molecule has 9 nitrogen and oxygen atoms in total. The average Bonchev–Trinajstić information content (AvgIpc) is 2.80. The van der Waals surface area contributed by atoms with Crippen LogP contribution < -0.4 is 24.3 Å². The Kier molecular flexibility index (Phi) is 7.21. The number of fused-ring (bicyclic) bond motifs is 1. The van der Waals surface area contributed by atoms with Gasteiger partial charge in [-0.05, 0) is 24.3 Å². The van der Waals surface area contributed by atoms with Gasteiger partial charge in [-0.3, -0.25) is 4.79 Å². The van der Waals surface area contributed by atoms with Gasteiger partial charge in [0.05, 0.1) is 39.0 Å². The number of hydrogen-bond donors (Lipinski definition) is 1. The van der Waals surface area contributed by atoms with Crippen LogP contribution in [0, 0.1) is 0 Å². The molecule has 0 fully saturated rings. The molecule has 1 aromatic heterocycles. The Hall–Kier alpha value is -3.72. The second-order valence-electron chi connectivity index (χ2n) is 6.41. The standard InChI is InChI=1S/C22H21ClN2O7/c1-28-17-6-5-12(7-14(17)23)24-21(26)11-32-18-10-16(22(27)31-4)25-15-9-20(30-3)19(29-2)8-13(15)18/h5-10H,11H2,1-4H3,(H,24,26). The summed E-state index contributed by atoms with van der Waals surface area (Å²) in [6.45, 7) is -0.336. The third-order valence-electron chi connectivity index (χ3n) is 4.46. The van der Waals surface area contributed by atoms with Crippen LogP contribution in [-0.2, 0) is 9.53 Å². The molecule has 1 amide bonds. The van der Waals surface area contributed by atoms with Crippen molar-refractivity contribution in [2.45, 2.75) is 0 Å². The molecule has 2 aromatic carbocycles. The van der Waals surface area contributed by atoms with Crippen LogP contribution in [0.5, 0.6) is 23.0 Å². The highest BCUT2D eigenvalue weighted by Crippen LogP contribution is 2.36. The fraction of sp³-hybridized carbons (Fsp3) is 0.227. The van der Waals surface area contributed by atoms with Crippen molar-refractivity contribution in [2.24, 2.45) is 0 Å². The van der Waals surface area contributed by atoms with E-state index in [1.807, 2.05) is 0 Å². The first-order valence-electron chi connectivity index (χ1n) is 9.31. The van der Waals surface area contributed by atoms with Crippen molar-refractivity contribution in [3.05, 3.63) is 47.1 Å².